The van der Waals surface area contributed by atoms with Crippen molar-refractivity contribution < 1.29 is 19.5 Å². The quantitative estimate of drug-likeness (QED) is 0.112. The van der Waals surface area contributed by atoms with Crippen LogP contribution in [0.5, 0.6) is 0 Å². The van der Waals surface area contributed by atoms with E-state index in [1.165, 1.54) is 7.05 Å². The van der Waals surface area contributed by atoms with Gasteiger partial charge in [-0.15, -0.1) is 0 Å². The second kappa shape index (κ2) is 16.9. The minimum atomic E-state index is -1.16. The van der Waals surface area contributed by atoms with Crippen LogP contribution in [0.4, 0.5) is 10.5 Å². The molecule has 1 unspecified atom stereocenters. The molecule has 2 aliphatic heterocycles. The first-order valence-electron chi connectivity index (χ1n) is 20.0. The van der Waals surface area contributed by atoms with Crippen molar-refractivity contribution in [1.29, 1.82) is 0 Å². The number of nitrogens with zero attached hydrogens (tertiary/aromatic N) is 6. The van der Waals surface area contributed by atoms with Crippen molar-refractivity contribution >= 4 is 29.7 Å². The summed E-state index contributed by atoms with van der Waals surface area (Å²) in [4.78, 5) is 62.3. The molecule has 8 rings (SSSR count). The third-order valence-electron chi connectivity index (χ3n) is 11.5. The fourth-order valence-electron chi connectivity index (χ4n) is 8.20. The highest BCUT2D eigenvalue weighted by molar-refractivity contribution is 5.92. The number of carbonyl (C=O) groups excluding carboxylic acids is 2. The first-order chi connectivity index (χ1) is 28.6. The van der Waals surface area contributed by atoms with Gasteiger partial charge in [-0.25, -0.2) is 14.8 Å². The van der Waals surface area contributed by atoms with Crippen LogP contribution >= 0.6 is 0 Å². The van der Waals surface area contributed by atoms with Gasteiger partial charge in [-0.3, -0.25) is 14.5 Å². The fraction of sp³-hybridized carbons (Fsp3) is 0.255. The number of likely N-dealkylation sites (N-methyl/N-ethyl adjacent to an activating group) is 1. The Bertz CT molecular complexity index is 2440. The summed E-state index contributed by atoms with van der Waals surface area (Å²) >= 11 is 0. The van der Waals surface area contributed by atoms with E-state index in [0.29, 0.717) is 24.5 Å². The average Bonchev–Trinajstić information content (AvgIpc) is 4.11. The number of nitrogens with one attached hydrogen (secondary N) is 2. The molecule has 2 aliphatic rings. The Morgan fingerprint density at radius 3 is 1.73 bits per heavy atom. The number of rotatable bonds is 11. The number of benzene rings is 4. The zero-order valence-corrected chi connectivity index (χ0v) is 33.5. The lowest BCUT2D eigenvalue weighted by Crippen LogP contribution is -2.43. The van der Waals surface area contributed by atoms with Crippen molar-refractivity contribution in [3.8, 4) is 33.6 Å². The number of hydrogen-bond donors (Lipinski definition) is 3. The first-order valence-corrected chi connectivity index (χ1v) is 20.0. The van der Waals surface area contributed by atoms with Gasteiger partial charge >= 0.3 is 6.09 Å². The molecule has 300 valence electrons. The molecule has 12 heteroatoms. The lowest BCUT2D eigenvalue weighted by molar-refractivity contribution is -0.137. The minimum Gasteiger partial charge on any atom is -0.465 e. The predicted molar refractivity (Wildman–Crippen MR) is 229 cm³/mol. The van der Waals surface area contributed by atoms with Crippen molar-refractivity contribution in [1.82, 2.24) is 34.6 Å². The molecule has 3 N–H and O–H groups in total. The van der Waals surface area contributed by atoms with Crippen molar-refractivity contribution in [2.75, 3.05) is 39.1 Å². The van der Waals surface area contributed by atoms with Gasteiger partial charge < -0.3 is 29.8 Å². The van der Waals surface area contributed by atoms with Crippen molar-refractivity contribution in [3.63, 3.8) is 0 Å². The maximum Gasteiger partial charge on any atom is 0.407 e. The number of carboxylic acid groups (broad SMARTS) is 1. The van der Waals surface area contributed by atoms with Gasteiger partial charge in [0.15, 0.2) is 0 Å². The Hall–Kier alpha value is -6.95. The molecule has 2 fully saturated rings. The molecule has 2 aromatic heterocycles. The van der Waals surface area contributed by atoms with E-state index in [2.05, 4.69) is 58.5 Å². The summed E-state index contributed by atoms with van der Waals surface area (Å²) in [6.07, 6.45) is 9.32. The van der Waals surface area contributed by atoms with Crippen LogP contribution in [-0.4, -0.2) is 91.9 Å². The maximum atomic E-state index is 14.0. The molecule has 59 heavy (non-hydrogen) atoms. The zero-order chi connectivity index (χ0) is 41.0. The van der Waals surface area contributed by atoms with Crippen LogP contribution in [-0.2, 0) is 9.59 Å². The summed E-state index contributed by atoms with van der Waals surface area (Å²) in [5.41, 5.74) is 8.58. The van der Waals surface area contributed by atoms with Crippen LogP contribution in [0.1, 0.15) is 66.6 Å². The molecular weight excluding hydrogens is 741 g/mol. The Balaban J connectivity index is 0.910. The van der Waals surface area contributed by atoms with Crippen LogP contribution < -0.4 is 4.90 Å². The highest BCUT2D eigenvalue weighted by atomic mass is 16.4. The number of carbonyl (C=O) groups is 3. The Kier molecular flexibility index (Phi) is 11.1. The van der Waals surface area contributed by atoms with Crippen molar-refractivity contribution in [2.45, 2.75) is 43.8 Å². The van der Waals surface area contributed by atoms with Crippen LogP contribution in [0.2, 0.25) is 0 Å². The van der Waals surface area contributed by atoms with Gasteiger partial charge in [-0.1, -0.05) is 91.0 Å². The molecule has 12 nitrogen and oxygen atoms in total. The zero-order valence-electron chi connectivity index (χ0n) is 33.5. The molecule has 3 amide bonds. The SMILES string of the molecule is CN(C)c1ccc(/C=C/C(=O)N2CCCC2c2ncc(-c3ccc(-c4ccc(-c5cnc([C@@H]6CCCN6C(=O)[C@@H](c6ccccc6)N(C)C(=O)O)[nH]5)cc4)cc3)[nH]2)cc1. The summed E-state index contributed by atoms with van der Waals surface area (Å²) in [5.74, 6) is 1.20. The van der Waals surface area contributed by atoms with Crippen molar-refractivity contribution in [2.24, 2.45) is 0 Å². The fourth-order valence-corrected chi connectivity index (χ4v) is 8.20. The highest BCUT2D eigenvalue weighted by Crippen LogP contribution is 2.36. The molecule has 4 heterocycles. The molecule has 0 bridgehead atoms. The lowest BCUT2D eigenvalue weighted by Gasteiger charge is -2.32. The highest BCUT2D eigenvalue weighted by Gasteiger charge is 2.39. The van der Waals surface area contributed by atoms with E-state index < -0.39 is 12.1 Å². The second-order valence-corrected chi connectivity index (χ2v) is 15.4. The summed E-state index contributed by atoms with van der Waals surface area (Å²) in [7, 11) is 5.44. The molecule has 4 aromatic carbocycles. The average molecular weight is 789 g/mol. The predicted octanol–water partition coefficient (Wildman–Crippen LogP) is 8.59. The van der Waals surface area contributed by atoms with Gasteiger partial charge in [-0.05, 0) is 77.3 Å². The van der Waals surface area contributed by atoms with Crippen LogP contribution in [0, 0.1) is 0 Å². The number of likely N-dealkylation sites (tertiary alicyclic amines) is 2. The Labute approximate surface area is 343 Å². The molecule has 0 radical (unpaired) electrons. The van der Waals surface area contributed by atoms with E-state index in [4.69, 9.17) is 9.97 Å². The third kappa shape index (κ3) is 8.25. The van der Waals surface area contributed by atoms with Crippen molar-refractivity contribution in [3.05, 3.63) is 144 Å². The van der Waals surface area contributed by atoms with E-state index in [-0.39, 0.29) is 23.9 Å². The number of anilines is 1. The van der Waals surface area contributed by atoms with E-state index in [9.17, 15) is 19.5 Å². The molecule has 0 saturated carbocycles. The lowest BCUT2D eigenvalue weighted by atomic mass is 10.0. The summed E-state index contributed by atoms with van der Waals surface area (Å²) < 4.78 is 0. The Morgan fingerprint density at radius 2 is 1.20 bits per heavy atom. The number of imidazole rings is 2. The van der Waals surface area contributed by atoms with Gasteiger partial charge in [0.2, 0.25) is 5.91 Å². The normalized spacial score (nSPS) is 17.1. The molecule has 0 aliphatic carbocycles. The summed E-state index contributed by atoms with van der Waals surface area (Å²) in [6.45, 7) is 1.22. The number of aromatic amines is 2. The van der Waals surface area contributed by atoms with E-state index >= 15 is 0 Å². The molecule has 0 spiro atoms. The number of hydrogen-bond acceptors (Lipinski definition) is 6. The van der Waals surface area contributed by atoms with Gasteiger partial charge in [0.05, 0.1) is 35.9 Å². The molecule has 2 saturated heterocycles. The Morgan fingerprint density at radius 1 is 0.695 bits per heavy atom. The van der Waals surface area contributed by atoms with E-state index in [1.807, 2.05) is 78.6 Å². The van der Waals surface area contributed by atoms with Gasteiger partial charge in [-0.2, -0.15) is 0 Å². The van der Waals surface area contributed by atoms with E-state index in [1.54, 1.807) is 29.3 Å². The standard InChI is InChI=1S/C47H48N8O4/c1-52(2)37-24-13-31(14-25-37)15-26-42(56)54-27-7-11-40(54)44-48-29-38(50-44)34-20-16-32(17-21-34)33-18-22-35(23-19-33)39-30-49-45(51-39)41-12-8-28-55(41)46(57)43(53(3)47(58)59)36-9-5-4-6-10-36/h4-6,9-10,13-26,29-30,40-41,43H,7-8,11-12,27-28H2,1-3H3,(H,48,50)(H,49,51)(H,58,59)/b26-15+/t40?,41-,43+/m0/s1. The third-order valence-corrected chi connectivity index (χ3v) is 11.5. The number of aromatic nitrogens is 4. The molecule has 6 aromatic rings. The van der Waals surface area contributed by atoms with Gasteiger partial charge in [0.25, 0.3) is 5.91 Å². The van der Waals surface area contributed by atoms with Crippen LogP contribution in [0.25, 0.3) is 39.7 Å². The van der Waals surface area contributed by atoms with Gasteiger partial charge in [0.1, 0.15) is 17.7 Å². The number of H-pyrrole nitrogens is 2. The minimum absolute atomic E-state index is 0.0159. The maximum absolute atomic E-state index is 14.0. The van der Waals surface area contributed by atoms with E-state index in [0.717, 1.165) is 81.3 Å². The van der Waals surface area contributed by atoms with Crippen LogP contribution in [0.3, 0.4) is 0 Å². The number of amides is 3. The summed E-state index contributed by atoms with van der Waals surface area (Å²) in [6, 6.07) is 32.4. The summed E-state index contributed by atoms with van der Waals surface area (Å²) in [5, 5.41) is 9.80. The molecular formula is C47H48N8O4. The second-order valence-electron chi connectivity index (χ2n) is 15.4. The molecule has 3 atom stereocenters. The van der Waals surface area contributed by atoms with Crippen LogP contribution in [0.15, 0.2) is 122 Å². The topological polar surface area (TPSA) is 142 Å². The monoisotopic (exact) mass is 788 g/mol. The van der Waals surface area contributed by atoms with Gasteiger partial charge in [0, 0.05) is 46.0 Å². The first kappa shape index (κ1) is 38.9. The largest absolute Gasteiger partial charge is 0.465 e. The smallest absolute Gasteiger partial charge is 0.407 e.